The summed E-state index contributed by atoms with van der Waals surface area (Å²) in [5.74, 6) is 0.527. The summed E-state index contributed by atoms with van der Waals surface area (Å²) in [6.07, 6.45) is 1.43. The fourth-order valence-electron chi connectivity index (χ4n) is 2.47. The highest BCUT2D eigenvalue weighted by Crippen LogP contribution is 2.24. The Labute approximate surface area is 102 Å². The van der Waals surface area contributed by atoms with E-state index in [1.54, 1.807) is 0 Å². The molecule has 92 valence electrons. The standard InChI is InChI=1S/C14H19NO2/c1-11-7-8-15(13(11)10-16)14(17)9-12-5-3-2-4-6-12/h2-6,11,13,16H,7-10H2,1H3. The molecule has 1 fully saturated rings. The number of amides is 1. The summed E-state index contributed by atoms with van der Waals surface area (Å²) in [4.78, 5) is 14.0. The number of aliphatic hydroxyl groups is 1. The number of benzene rings is 1. The number of hydrogen-bond acceptors (Lipinski definition) is 2. The molecule has 0 radical (unpaired) electrons. The molecule has 1 aliphatic heterocycles. The molecule has 2 atom stereocenters. The third-order valence-electron chi connectivity index (χ3n) is 3.59. The predicted molar refractivity (Wildman–Crippen MR) is 66.5 cm³/mol. The van der Waals surface area contributed by atoms with Crippen LogP contribution in [0.4, 0.5) is 0 Å². The summed E-state index contributed by atoms with van der Waals surface area (Å²) in [5, 5.41) is 9.33. The minimum Gasteiger partial charge on any atom is -0.394 e. The Kier molecular flexibility index (Phi) is 3.79. The van der Waals surface area contributed by atoms with Gasteiger partial charge in [0.05, 0.1) is 19.1 Å². The van der Waals surface area contributed by atoms with Gasteiger partial charge in [0.15, 0.2) is 0 Å². The average Bonchev–Trinajstić information content (AvgIpc) is 2.71. The molecule has 17 heavy (non-hydrogen) atoms. The Balaban J connectivity index is 2.01. The van der Waals surface area contributed by atoms with E-state index in [0.29, 0.717) is 12.3 Å². The highest BCUT2D eigenvalue weighted by molar-refractivity contribution is 5.79. The Morgan fingerprint density at radius 3 is 2.76 bits per heavy atom. The van der Waals surface area contributed by atoms with E-state index in [9.17, 15) is 9.90 Å². The maximum absolute atomic E-state index is 12.1. The van der Waals surface area contributed by atoms with Crippen LogP contribution in [-0.2, 0) is 11.2 Å². The first-order valence-corrected chi connectivity index (χ1v) is 6.16. The van der Waals surface area contributed by atoms with E-state index in [4.69, 9.17) is 0 Å². The van der Waals surface area contributed by atoms with Crippen molar-refractivity contribution in [3.05, 3.63) is 35.9 Å². The van der Waals surface area contributed by atoms with Crippen molar-refractivity contribution in [3.63, 3.8) is 0 Å². The van der Waals surface area contributed by atoms with Crippen LogP contribution >= 0.6 is 0 Å². The van der Waals surface area contributed by atoms with Crippen molar-refractivity contribution >= 4 is 5.91 Å². The highest BCUT2D eigenvalue weighted by Gasteiger charge is 2.33. The fraction of sp³-hybridized carbons (Fsp3) is 0.500. The van der Waals surface area contributed by atoms with Crippen LogP contribution in [0.2, 0.25) is 0 Å². The van der Waals surface area contributed by atoms with E-state index in [0.717, 1.165) is 18.5 Å². The van der Waals surface area contributed by atoms with Crippen molar-refractivity contribution in [3.8, 4) is 0 Å². The second-order valence-corrected chi connectivity index (χ2v) is 4.77. The number of nitrogens with zero attached hydrogens (tertiary/aromatic N) is 1. The summed E-state index contributed by atoms with van der Waals surface area (Å²) in [7, 11) is 0. The summed E-state index contributed by atoms with van der Waals surface area (Å²) < 4.78 is 0. The Morgan fingerprint density at radius 2 is 2.12 bits per heavy atom. The van der Waals surface area contributed by atoms with Crippen LogP contribution in [0.5, 0.6) is 0 Å². The predicted octanol–water partition coefficient (Wildman–Crippen LogP) is 1.46. The normalized spacial score (nSPS) is 24.0. The lowest BCUT2D eigenvalue weighted by molar-refractivity contribution is -0.132. The van der Waals surface area contributed by atoms with Gasteiger partial charge < -0.3 is 10.0 Å². The van der Waals surface area contributed by atoms with Crippen molar-refractivity contribution in [2.24, 2.45) is 5.92 Å². The SMILES string of the molecule is CC1CCN(C(=O)Cc2ccccc2)C1CO. The van der Waals surface area contributed by atoms with Gasteiger partial charge in [-0.3, -0.25) is 4.79 Å². The average molecular weight is 233 g/mol. The third-order valence-corrected chi connectivity index (χ3v) is 3.59. The van der Waals surface area contributed by atoms with Gasteiger partial charge in [0.2, 0.25) is 5.91 Å². The lowest BCUT2D eigenvalue weighted by atomic mass is 10.0. The van der Waals surface area contributed by atoms with Crippen molar-refractivity contribution in [2.75, 3.05) is 13.2 Å². The van der Waals surface area contributed by atoms with Crippen LogP contribution in [0.1, 0.15) is 18.9 Å². The van der Waals surface area contributed by atoms with Crippen molar-refractivity contribution in [1.29, 1.82) is 0 Å². The van der Waals surface area contributed by atoms with Crippen molar-refractivity contribution < 1.29 is 9.90 Å². The summed E-state index contributed by atoms with van der Waals surface area (Å²) in [5.41, 5.74) is 1.04. The number of aliphatic hydroxyl groups excluding tert-OH is 1. The van der Waals surface area contributed by atoms with Crippen molar-refractivity contribution in [1.82, 2.24) is 4.90 Å². The molecule has 1 aromatic rings. The first-order valence-electron chi connectivity index (χ1n) is 6.16. The van der Waals surface area contributed by atoms with Gasteiger partial charge in [-0.2, -0.15) is 0 Å². The molecule has 0 bridgehead atoms. The molecular weight excluding hydrogens is 214 g/mol. The van der Waals surface area contributed by atoms with E-state index in [2.05, 4.69) is 6.92 Å². The zero-order valence-electron chi connectivity index (χ0n) is 10.2. The number of likely N-dealkylation sites (tertiary alicyclic amines) is 1. The van der Waals surface area contributed by atoms with E-state index in [1.165, 1.54) is 0 Å². The van der Waals surface area contributed by atoms with E-state index in [1.807, 2.05) is 35.2 Å². The molecular formula is C14H19NO2. The van der Waals surface area contributed by atoms with Crippen molar-refractivity contribution in [2.45, 2.75) is 25.8 Å². The molecule has 2 unspecified atom stereocenters. The number of rotatable bonds is 3. The van der Waals surface area contributed by atoms with Gasteiger partial charge in [-0.05, 0) is 17.9 Å². The van der Waals surface area contributed by atoms with E-state index < -0.39 is 0 Å². The molecule has 3 nitrogen and oxygen atoms in total. The fourth-order valence-corrected chi connectivity index (χ4v) is 2.47. The minimum atomic E-state index is 0.00575. The maximum Gasteiger partial charge on any atom is 0.227 e. The number of carbonyl (C=O) groups is 1. The first-order chi connectivity index (χ1) is 8.22. The second-order valence-electron chi connectivity index (χ2n) is 4.77. The van der Waals surface area contributed by atoms with Crippen LogP contribution in [0, 0.1) is 5.92 Å². The van der Waals surface area contributed by atoms with Gasteiger partial charge in [-0.25, -0.2) is 0 Å². The van der Waals surface area contributed by atoms with Gasteiger partial charge >= 0.3 is 0 Å². The van der Waals surface area contributed by atoms with Gasteiger partial charge in [0, 0.05) is 6.54 Å². The first kappa shape index (κ1) is 12.1. The molecule has 2 rings (SSSR count). The lowest BCUT2D eigenvalue weighted by Crippen LogP contribution is -2.40. The third kappa shape index (κ3) is 2.67. The Morgan fingerprint density at radius 1 is 1.41 bits per heavy atom. The van der Waals surface area contributed by atoms with Gasteiger partial charge in [0.25, 0.3) is 0 Å². The van der Waals surface area contributed by atoms with Crippen LogP contribution in [0.3, 0.4) is 0 Å². The van der Waals surface area contributed by atoms with Crippen LogP contribution in [0.15, 0.2) is 30.3 Å². The topological polar surface area (TPSA) is 40.5 Å². The summed E-state index contributed by atoms with van der Waals surface area (Å²) in [6.45, 7) is 2.94. The number of hydrogen-bond donors (Lipinski definition) is 1. The quantitative estimate of drug-likeness (QED) is 0.858. The molecule has 0 aliphatic carbocycles. The van der Waals surface area contributed by atoms with Gasteiger partial charge in [-0.1, -0.05) is 37.3 Å². The molecule has 0 spiro atoms. The molecule has 1 amide bonds. The van der Waals surface area contributed by atoms with E-state index >= 15 is 0 Å². The molecule has 1 aromatic carbocycles. The van der Waals surface area contributed by atoms with Crippen LogP contribution in [0.25, 0.3) is 0 Å². The smallest absolute Gasteiger partial charge is 0.227 e. The largest absolute Gasteiger partial charge is 0.394 e. The Bertz CT molecular complexity index is 377. The van der Waals surface area contributed by atoms with E-state index in [-0.39, 0.29) is 18.6 Å². The molecule has 1 aliphatic rings. The molecule has 1 heterocycles. The second kappa shape index (κ2) is 5.32. The zero-order chi connectivity index (χ0) is 12.3. The highest BCUT2D eigenvalue weighted by atomic mass is 16.3. The van der Waals surface area contributed by atoms with Crippen LogP contribution < -0.4 is 0 Å². The molecule has 1 N–H and O–H groups in total. The summed E-state index contributed by atoms with van der Waals surface area (Å²) in [6, 6.07) is 9.77. The minimum absolute atomic E-state index is 0.00575. The van der Waals surface area contributed by atoms with Gasteiger partial charge in [0.1, 0.15) is 0 Å². The maximum atomic E-state index is 12.1. The summed E-state index contributed by atoms with van der Waals surface area (Å²) >= 11 is 0. The molecule has 0 saturated carbocycles. The van der Waals surface area contributed by atoms with Gasteiger partial charge in [-0.15, -0.1) is 0 Å². The molecule has 1 saturated heterocycles. The zero-order valence-corrected chi connectivity index (χ0v) is 10.2. The molecule has 0 aromatic heterocycles. The number of carbonyl (C=O) groups excluding carboxylic acids is 1. The monoisotopic (exact) mass is 233 g/mol. The van der Waals surface area contributed by atoms with Crippen LogP contribution in [-0.4, -0.2) is 35.1 Å². The molecule has 3 heteroatoms. The Hall–Kier alpha value is -1.35. The lowest BCUT2D eigenvalue weighted by Gasteiger charge is -2.25.